The Hall–Kier alpha value is -2.05. The lowest BCUT2D eigenvalue weighted by Crippen LogP contribution is -2.43. The Bertz CT molecular complexity index is 705. The van der Waals surface area contributed by atoms with Crippen LogP contribution in [0.25, 0.3) is 0 Å². The van der Waals surface area contributed by atoms with Crippen LogP contribution < -0.4 is 16.2 Å². The molecule has 2 rings (SSSR count). The summed E-state index contributed by atoms with van der Waals surface area (Å²) in [7, 11) is 0. The molecule has 1 amide bonds. The fraction of sp³-hybridized carbons (Fsp3) is 0.222. The molecule has 126 valence electrons. The molecular weight excluding hydrogens is 338 g/mol. The van der Waals surface area contributed by atoms with Gasteiger partial charge in [0.15, 0.2) is 5.11 Å². The first kappa shape index (κ1) is 18.3. The summed E-state index contributed by atoms with van der Waals surface area (Å²) < 4.78 is 0. The highest BCUT2D eigenvalue weighted by molar-refractivity contribution is 7.99. The Morgan fingerprint density at radius 2 is 1.83 bits per heavy atom. The van der Waals surface area contributed by atoms with Crippen LogP contribution in [0, 0.1) is 13.8 Å². The average molecular weight is 360 g/mol. The van der Waals surface area contributed by atoms with Crippen molar-refractivity contribution in [3.05, 3.63) is 59.7 Å². The molecule has 0 fully saturated rings. The zero-order chi connectivity index (χ0) is 17.4. The Morgan fingerprint density at radius 3 is 2.58 bits per heavy atom. The minimum absolute atomic E-state index is 0.0939. The number of anilines is 1. The van der Waals surface area contributed by atoms with Gasteiger partial charge in [-0.25, -0.2) is 0 Å². The molecular formula is C18H21N3OS2. The number of benzene rings is 2. The first-order valence-corrected chi connectivity index (χ1v) is 9.05. The smallest absolute Gasteiger partial charge is 0.239 e. The van der Waals surface area contributed by atoms with E-state index in [-0.39, 0.29) is 5.91 Å². The van der Waals surface area contributed by atoms with E-state index >= 15 is 0 Å². The van der Waals surface area contributed by atoms with Gasteiger partial charge in [0.1, 0.15) is 0 Å². The van der Waals surface area contributed by atoms with Crippen LogP contribution in [0.15, 0.2) is 53.4 Å². The Balaban J connectivity index is 1.69. The number of thioether (sulfide) groups is 1. The maximum atomic E-state index is 11.8. The molecule has 0 aliphatic heterocycles. The van der Waals surface area contributed by atoms with E-state index in [4.69, 9.17) is 12.2 Å². The number of carbonyl (C=O) groups is 1. The molecule has 3 N–H and O–H groups in total. The number of aryl methyl sites for hydroxylation is 2. The monoisotopic (exact) mass is 359 g/mol. The molecule has 0 aromatic heterocycles. The molecule has 0 unspecified atom stereocenters. The predicted molar refractivity (Wildman–Crippen MR) is 105 cm³/mol. The van der Waals surface area contributed by atoms with Crippen LogP contribution >= 0.6 is 24.0 Å². The average Bonchev–Trinajstić information content (AvgIpc) is 2.57. The zero-order valence-electron chi connectivity index (χ0n) is 13.8. The second-order valence-corrected chi connectivity index (χ2v) is 6.93. The summed E-state index contributed by atoms with van der Waals surface area (Å²) >= 11 is 6.86. The molecule has 24 heavy (non-hydrogen) atoms. The Kier molecular flexibility index (Phi) is 7.08. The highest BCUT2D eigenvalue weighted by Crippen LogP contribution is 2.17. The van der Waals surface area contributed by atoms with Gasteiger partial charge in [0, 0.05) is 22.8 Å². The van der Waals surface area contributed by atoms with Gasteiger partial charge in [-0.3, -0.25) is 15.6 Å². The largest absolute Gasteiger partial charge is 0.331 e. The first-order chi connectivity index (χ1) is 11.5. The summed E-state index contributed by atoms with van der Waals surface area (Å²) in [6, 6.07) is 16.1. The van der Waals surface area contributed by atoms with Gasteiger partial charge >= 0.3 is 0 Å². The van der Waals surface area contributed by atoms with Crippen molar-refractivity contribution in [2.75, 3.05) is 11.1 Å². The molecule has 6 heteroatoms. The lowest BCUT2D eigenvalue weighted by Gasteiger charge is -2.13. The van der Waals surface area contributed by atoms with Crippen molar-refractivity contribution in [2.45, 2.75) is 25.2 Å². The van der Waals surface area contributed by atoms with E-state index in [1.165, 1.54) is 0 Å². The SMILES string of the molecule is Cc1ccc(C)c(NC(=S)NNC(=O)CCSc2ccccc2)c1. The third-order valence-electron chi connectivity index (χ3n) is 3.30. The standard InChI is InChI=1S/C18H21N3OS2/c1-13-8-9-14(2)16(12-13)19-18(23)21-20-17(22)10-11-24-15-6-4-3-5-7-15/h3-9,12H,10-11H2,1-2H3,(H,20,22)(H2,19,21,23). The molecule has 0 radical (unpaired) electrons. The summed E-state index contributed by atoms with van der Waals surface area (Å²) in [5.74, 6) is 0.623. The van der Waals surface area contributed by atoms with Crippen molar-refractivity contribution in [1.82, 2.24) is 10.9 Å². The summed E-state index contributed by atoms with van der Waals surface area (Å²) in [5.41, 5.74) is 8.53. The van der Waals surface area contributed by atoms with Crippen LogP contribution in [0.5, 0.6) is 0 Å². The summed E-state index contributed by atoms with van der Waals surface area (Å²) in [6.07, 6.45) is 0.415. The molecule has 0 aliphatic carbocycles. The van der Waals surface area contributed by atoms with E-state index in [1.807, 2.05) is 62.4 Å². The lowest BCUT2D eigenvalue weighted by atomic mass is 10.1. The Labute approximate surface area is 152 Å². The topological polar surface area (TPSA) is 53.2 Å². The van der Waals surface area contributed by atoms with Crippen molar-refractivity contribution >= 4 is 40.7 Å². The molecule has 0 aliphatic rings. The molecule has 0 spiro atoms. The number of carbonyl (C=O) groups excluding carboxylic acids is 1. The lowest BCUT2D eigenvalue weighted by molar-refractivity contribution is -0.121. The first-order valence-electron chi connectivity index (χ1n) is 7.65. The van der Waals surface area contributed by atoms with Crippen LogP contribution in [0.3, 0.4) is 0 Å². The summed E-state index contributed by atoms with van der Waals surface area (Å²) in [5, 5.41) is 3.46. The van der Waals surface area contributed by atoms with Crippen LogP contribution in [0.1, 0.15) is 17.5 Å². The molecule has 0 bridgehead atoms. The summed E-state index contributed by atoms with van der Waals surface area (Å²) in [6.45, 7) is 4.02. The number of hydrazine groups is 1. The predicted octanol–water partition coefficient (Wildman–Crippen LogP) is 3.80. The maximum Gasteiger partial charge on any atom is 0.239 e. The fourth-order valence-corrected chi connectivity index (χ4v) is 3.03. The fourth-order valence-electron chi connectivity index (χ4n) is 1.99. The van der Waals surface area contributed by atoms with Crippen LogP contribution in [-0.4, -0.2) is 16.8 Å². The minimum atomic E-state index is -0.0939. The van der Waals surface area contributed by atoms with Gasteiger partial charge in [-0.15, -0.1) is 11.8 Å². The van der Waals surface area contributed by atoms with Gasteiger partial charge in [-0.05, 0) is 55.4 Å². The van der Waals surface area contributed by atoms with Crippen molar-refractivity contribution < 1.29 is 4.79 Å². The molecule has 2 aromatic rings. The number of thiocarbonyl (C=S) groups is 1. The van der Waals surface area contributed by atoms with Crippen molar-refractivity contribution in [3.8, 4) is 0 Å². The van der Waals surface area contributed by atoms with Crippen molar-refractivity contribution in [3.63, 3.8) is 0 Å². The molecule has 0 saturated heterocycles. The van der Waals surface area contributed by atoms with E-state index in [0.29, 0.717) is 17.3 Å². The number of hydrogen-bond donors (Lipinski definition) is 3. The number of rotatable bonds is 5. The second kappa shape index (κ2) is 9.30. The normalized spacial score (nSPS) is 10.1. The minimum Gasteiger partial charge on any atom is -0.331 e. The van der Waals surface area contributed by atoms with E-state index in [2.05, 4.69) is 16.2 Å². The third-order valence-corrected chi connectivity index (χ3v) is 4.52. The molecule has 4 nitrogen and oxygen atoms in total. The van der Waals surface area contributed by atoms with Crippen LogP contribution in [0.2, 0.25) is 0 Å². The van der Waals surface area contributed by atoms with Gasteiger partial charge in [0.05, 0.1) is 0 Å². The molecule has 0 saturated carbocycles. The van der Waals surface area contributed by atoms with Gasteiger partial charge in [-0.1, -0.05) is 30.3 Å². The van der Waals surface area contributed by atoms with Gasteiger partial charge in [-0.2, -0.15) is 0 Å². The third kappa shape index (κ3) is 6.22. The van der Waals surface area contributed by atoms with Crippen LogP contribution in [-0.2, 0) is 4.79 Å². The van der Waals surface area contributed by atoms with Crippen molar-refractivity contribution in [1.29, 1.82) is 0 Å². The van der Waals surface area contributed by atoms with E-state index in [9.17, 15) is 4.79 Å². The maximum absolute atomic E-state index is 11.8. The zero-order valence-corrected chi connectivity index (χ0v) is 15.4. The van der Waals surface area contributed by atoms with Gasteiger partial charge in [0.25, 0.3) is 0 Å². The van der Waals surface area contributed by atoms with E-state index < -0.39 is 0 Å². The number of amides is 1. The number of nitrogens with one attached hydrogen (secondary N) is 3. The van der Waals surface area contributed by atoms with Crippen LogP contribution in [0.4, 0.5) is 5.69 Å². The highest BCUT2D eigenvalue weighted by Gasteiger charge is 2.04. The highest BCUT2D eigenvalue weighted by atomic mass is 32.2. The quantitative estimate of drug-likeness (QED) is 0.431. The molecule has 0 atom stereocenters. The molecule has 2 aromatic carbocycles. The molecule has 0 heterocycles. The second-order valence-electron chi connectivity index (χ2n) is 5.36. The summed E-state index contributed by atoms with van der Waals surface area (Å²) in [4.78, 5) is 13.0. The van der Waals surface area contributed by atoms with Crippen molar-refractivity contribution in [2.24, 2.45) is 0 Å². The van der Waals surface area contributed by atoms with Gasteiger partial charge < -0.3 is 5.32 Å². The Morgan fingerprint density at radius 1 is 1.08 bits per heavy atom. The van der Waals surface area contributed by atoms with Gasteiger partial charge in [0.2, 0.25) is 5.91 Å². The van der Waals surface area contributed by atoms with E-state index in [0.717, 1.165) is 21.7 Å². The van der Waals surface area contributed by atoms with E-state index in [1.54, 1.807) is 11.8 Å². The number of hydrogen-bond acceptors (Lipinski definition) is 3.